The van der Waals surface area contributed by atoms with E-state index in [2.05, 4.69) is 4.74 Å². The number of anilines is 1. The number of benzene rings is 2. The monoisotopic (exact) mass is 650 g/mol. The van der Waals surface area contributed by atoms with Crippen molar-refractivity contribution in [2.75, 3.05) is 32.2 Å². The van der Waals surface area contributed by atoms with Crippen molar-refractivity contribution in [3.63, 3.8) is 0 Å². The zero-order valence-electron chi connectivity index (χ0n) is 19.2. The molecular weight excluding hydrogens is 632 g/mol. The maximum absolute atomic E-state index is 13.8. The fourth-order valence-electron chi connectivity index (χ4n) is 3.01. The Hall–Kier alpha value is -3.27. The molecule has 0 bridgehead atoms. The minimum atomic E-state index is -1.77. The van der Waals surface area contributed by atoms with Crippen molar-refractivity contribution in [3.8, 4) is 11.5 Å². The quantitative estimate of drug-likeness (QED) is 0.185. The molecule has 3 rings (SSSR count). The molecule has 0 aromatic heterocycles. The van der Waals surface area contributed by atoms with Gasteiger partial charge in [-0.25, -0.2) is 18.0 Å². The highest BCUT2D eigenvalue weighted by Crippen LogP contribution is 2.37. The molecule has 37 heavy (non-hydrogen) atoms. The number of methoxy groups -OCH3 is 1. The zero-order valence-corrected chi connectivity index (χ0v) is 22.2. The minimum absolute atomic E-state index is 0.00159. The van der Waals surface area contributed by atoms with Gasteiger partial charge >= 0.3 is 5.97 Å². The summed E-state index contributed by atoms with van der Waals surface area (Å²) in [5.41, 5.74) is -0.170. The molecule has 3 amide bonds. The van der Waals surface area contributed by atoms with E-state index in [0.29, 0.717) is 37.6 Å². The third kappa shape index (κ3) is 6.74. The number of amides is 3. The Morgan fingerprint density at radius 1 is 1.14 bits per heavy atom. The van der Waals surface area contributed by atoms with Crippen molar-refractivity contribution in [1.29, 1.82) is 0 Å². The summed E-state index contributed by atoms with van der Waals surface area (Å²) in [6.45, 7) is 0.897. The smallest absolute Gasteiger partial charge is 0.343 e. The number of thioether (sulfide) groups is 1. The van der Waals surface area contributed by atoms with Crippen molar-refractivity contribution in [3.05, 3.63) is 55.8 Å². The lowest BCUT2D eigenvalue weighted by Crippen LogP contribution is -2.36. The van der Waals surface area contributed by atoms with Crippen LogP contribution in [0.25, 0.3) is 6.08 Å². The third-order valence-electron chi connectivity index (χ3n) is 4.68. The van der Waals surface area contributed by atoms with Crippen LogP contribution in [0, 0.1) is 21.0 Å². The normalized spacial score (nSPS) is 14.2. The molecule has 1 aliphatic heterocycles. The summed E-state index contributed by atoms with van der Waals surface area (Å²) < 4.78 is 56.5. The van der Waals surface area contributed by atoms with E-state index in [0.717, 1.165) is 6.07 Å². The number of nitrogens with one attached hydrogen (secondary N) is 1. The molecule has 0 spiro atoms. The first-order valence-electron chi connectivity index (χ1n) is 10.4. The van der Waals surface area contributed by atoms with E-state index in [1.54, 1.807) is 19.1 Å². The van der Waals surface area contributed by atoms with Gasteiger partial charge in [-0.15, -0.1) is 0 Å². The number of imide groups is 1. The van der Waals surface area contributed by atoms with Gasteiger partial charge in [0.05, 0.1) is 27.9 Å². The lowest BCUT2D eigenvalue weighted by atomic mass is 10.2. The van der Waals surface area contributed by atoms with E-state index in [-0.39, 0.29) is 23.9 Å². The number of halogens is 4. The fourth-order valence-corrected chi connectivity index (χ4v) is 4.63. The fraction of sp³-hybridized carbons (Fsp3) is 0.217. The molecule has 0 aliphatic carbocycles. The molecule has 196 valence electrons. The first kappa shape index (κ1) is 28.3. The number of carbonyl (C=O) groups is 4. The highest BCUT2D eigenvalue weighted by Gasteiger charge is 2.36. The van der Waals surface area contributed by atoms with E-state index >= 15 is 0 Å². The highest BCUT2D eigenvalue weighted by molar-refractivity contribution is 14.1. The van der Waals surface area contributed by atoms with E-state index in [4.69, 9.17) is 9.47 Å². The van der Waals surface area contributed by atoms with Gasteiger partial charge in [0, 0.05) is 0 Å². The van der Waals surface area contributed by atoms with Crippen molar-refractivity contribution in [1.82, 2.24) is 4.90 Å². The summed E-state index contributed by atoms with van der Waals surface area (Å²) in [6, 6.07) is 4.61. The van der Waals surface area contributed by atoms with Crippen LogP contribution < -0.4 is 14.8 Å². The summed E-state index contributed by atoms with van der Waals surface area (Å²) in [5, 5.41) is 1.26. The van der Waals surface area contributed by atoms with Crippen LogP contribution in [0.2, 0.25) is 0 Å². The predicted octanol–water partition coefficient (Wildman–Crippen LogP) is 4.33. The SMILES string of the molecule is CCOc1cc(/C=C2/SC(=O)N(CC(=O)Nc3ccc(F)c(F)c3F)C2=O)cc(I)c1OCC(=O)OC. The van der Waals surface area contributed by atoms with Gasteiger partial charge in [0.2, 0.25) is 5.91 Å². The summed E-state index contributed by atoms with van der Waals surface area (Å²) in [6.07, 6.45) is 1.41. The average Bonchev–Trinajstić information content (AvgIpc) is 3.11. The van der Waals surface area contributed by atoms with E-state index < -0.39 is 52.7 Å². The standard InChI is InChI=1S/C23H18F3IN2O7S/c1-3-35-15-7-11(6-13(27)21(15)36-10-18(31)34-2)8-16-22(32)29(23(33)37-16)9-17(30)28-14-5-4-12(24)19(25)20(14)26/h4-8H,3,9-10H2,1-2H3,(H,28,30)/b16-8+. The number of rotatable bonds is 9. The second-order valence-corrected chi connectivity index (χ2v) is 9.32. The Balaban J connectivity index is 1.77. The van der Waals surface area contributed by atoms with Crippen LogP contribution in [-0.2, 0) is 19.1 Å². The lowest BCUT2D eigenvalue weighted by Gasteiger charge is -2.14. The Kier molecular flexibility index (Phi) is 9.42. The maximum Gasteiger partial charge on any atom is 0.343 e. The number of ether oxygens (including phenoxy) is 3. The summed E-state index contributed by atoms with van der Waals surface area (Å²) in [5.74, 6) is -6.60. The molecule has 2 aromatic carbocycles. The van der Waals surface area contributed by atoms with Gasteiger partial charge in [-0.1, -0.05) is 0 Å². The number of nitrogens with zero attached hydrogens (tertiary/aromatic N) is 1. The second-order valence-electron chi connectivity index (χ2n) is 7.17. The Morgan fingerprint density at radius 2 is 1.86 bits per heavy atom. The van der Waals surface area contributed by atoms with Crippen molar-refractivity contribution < 1.29 is 46.6 Å². The van der Waals surface area contributed by atoms with Crippen LogP contribution in [0.3, 0.4) is 0 Å². The molecule has 1 heterocycles. The zero-order chi connectivity index (χ0) is 27.3. The maximum atomic E-state index is 13.8. The van der Waals surface area contributed by atoms with Gasteiger partial charge in [-0.3, -0.25) is 19.3 Å². The van der Waals surface area contributed by atoms with Crippen LogP contribution in [-0.4, -0.2) is 54.8 Å². The van der Waals surface area contributed by atoms with Crippen molar-refractivity contribution in [2.45, 2.75) is 6.92 Å². The van der Waals surface area contributed by atoms with Crippen molar-refractivity contribution in [2.24, 2.45) is 0 Å². The Bertz CT molecular complexity index is 1310. The van der Waals surface area contributed by atoms with Gasteiger partial charge in [-0.2, -0.15) is 0 Å². The van der Waals surface area contributed by atoms with Gasteiger partial charge < -0.3 is 19.5 Å². The molecule has 0 unspecified atom stereocenters. The molecule has 0 saturated carbocycles. The topological polar surface area (TPSA) is 111 Å². The molecule has 14 heteroatoms. The third-order valence-corrected chi connectivity index (χ3v) is 6.38. The van der Waals surface area contributed by atoms with E-state index in [1.807, 2.05) is 27.9 Å². The number of carbonyl (C=O) groups excluding carboxylic acids is 4. The molecule has 9 nitrogen and oxygen atoms in total. The molecule has 1 fully saturated rings. The Morgan fingerprint density at radius 3 is 2.54 bits per heavy atom. The molecular formula is C23H18F3IN2O7S. The average molecular weight is 650 g/mol. The first-order valence-corrected chi connectivity index (χ1v) is 12.3. The van der Waals surface area contributed by atoms with Crippen LogP contribution in [0.4, 0.5) is 23.7 Å². The van der Waals surface area contributed by atoms with Gasteiger partial charge in [0.25, 0.3) is 11.1 Å². The number of esters is 1. The van der Waals surface area contributed by atoms with Crippen molar-refractivity contribution >= 4 is 69.1 Å². The van der Waals surface area contributed by atoms with Crippen LogP contribution in [0.15, 0.2) is 29.2 Å². The minimum Gasteiger partial charge on any atom is -0.490 e. The Labute approximate surface area is 226 Å². The molecule has 2 aromatic rings. The van der Waals surface area contributed by atoms with Crippen LogP contribution in [0.5, 0.6) is 11.5 Å². The first-order chi connectivity index (χ1) is 17.5. The summed E-state index contributed by atoms with van der Waals surface area (Å²) in [7, 11) is 1.22. The summed E-state index contributed by atoms with van der Waals surface area (Å²) in [4.78, 5) is 49.5. The predicted molar refractivity (Wildman–Crippen MR) is 135 cm³/mol. The molecule has 1 aliphatic rings. The molecule has 1 saturated heterocycles. The molecule has 0 atom stereocenters. The van der Waals surface area contributed by atoms with Crippen LogP contribution in [0.1, 0.15) is 12.5 Å². The molecule has 1 N–H and O–H groups in total. The number of hydrogen-bond donors (Lipinski definition) is 1. The second kappa shape index (κ2) is 12.3. The largest absolute Gasteiger partial charge is 0.490 e. The van der Waals surface area contributed by atoms with Gasteiger partial charge in [-0.05, 0) is 77.2 Å². The lowest BCUT2D eigenvalue weighted by molar-refractivity contribution is -0.143. The van der Waals surface area contributed by atoms with Gasteiger partial charge in [0.1, 0.15) is 6.54 Å². The highest BCUT2D eigenvalue weighted by atomic mass is 127. The van der Waals surface area contributed by atoms with Gasteiger partial charge in [0.15, 0.2) is 35.6 Å². The molecule has 0 radical (unpaired) electrons. The summed E-state index contributed by atoms with van der Waals surface area (Å²) >= 11 is 2.53. The number of hydrogen-bond acceptors (Lipinski definition) is 8. The van der Waals surface area contributed by atoms with E-state index in [9.17, 15) is 32.3 Å². The van der Waals surface area contributed by atoms with Crippen LogP contribution >= 0.6 is 34.4 Å². The van der Waals surface area contributed by atoms with E-state index in [1.165, 1.54) is 13.2 Å².